The summed E-state index contributed by atoms with van der Waals surface area (Å²) in [6.07, 6.45) is 1.07. The highest BCUT2D eigenvalue weighted by atomic mass is 16.5. The molecule has 2 heterocycles. The standard InChI is InChI=1S/C19H26N4O2/c1-19(2,3)18(24)20-11-14-9-10-23(12-14)13-16-21-17(22-25-16)15-7-5-4-6-8-15/h4-8,14H,9-13H2,1-3H3,(H,20,24). The minimum Gasteiger partial charge on any atom is -0.355 e. The SMILES string of the molecule is CC(C)(C)C(=O)NCC1CCN(Cc2nc(-c3ccccc3)no2)C1. The van der Waals surface area contributed by atoms with Gasteiger partial charge in [0, 0.05) is 24.1 Å². The molecule has 6 heteroatoms. The van der Waals surface area contributed by atoms with Crippen LogP contribution in [0.5, 0.6) is 0 Å². The number of carbonyl (C=O) groups is 1. The van der Waals surface area contributed by atoms with Crippen molar-refractivity contribution >= 4 is 5.91 Å². The number of amides is 1. The summed E-state index contributed by atoms with van der Waals surface area (Å²) in [5.74, 6) is 1.85. The molecule has 0 saturated carbocycles. The van der Waals surface area contributed by atoms with Crippen LogP contribution in [0.25, 0.3) is 11.4 Å². The molecule has 0 radical (unpaired) electrons. The van der Waals surface area contributed by atoms with Crippen LogP contribution in [0.4, 0.5) is 0 Å². The lowest BCUT2D eigenvalue weighted by Gasteiger charge is -2.20. The monoisotopic (exact) mass is 342 g/mol. The fraction of sp³-hybridized carbons (Fsp3) is 0.526. The Balaban J connectivity index is 1.49. The molecule has 1 aromatic carbocycles. The quantitative estimate of drug-likeness (QED) is 0.904. The molecule has 0 spiro atoms. The lowest BCUT2D eigenvalue weighted by atomic mass is 9.95. The zero-order valence-corrected chi connectivity index (χ0v) is 15.2. The van der Waals surface area contributed by atoms with Crippen molar-refractivity contribution < 1.29 is 9.32 Å². The van der Waals surface area contributed by atoms with Crippen LogP contribution in [0.15, 0.2) is 34.9 Å². The summed E-state index contributed by atoms with van der Waals surface area (Å²) in [5, 5.41) is 7.12. The van der Waals surface area contributed by atoms with E-state index in [0.717, 1.165) is 31.6 Å². The Kier molecular flexibility index (Phi) is 5.18. The van der Waals surface area contributed by atoms with Crippen molar-refractivity contribution in [3.63, 3.8) is 0 Å². The average Bonchev–Trinajstić information content (AvgIpc) is 3.22. The summed E-state index contributed by atoms with van der Waals surface area (Å²) in [6, 6.07) is 9.83. The fourth-order valence-electron chi connectivity index (χ4n) is 2.94. The number of nitrogens with zero attached hydrogens (tertiary/aromatic N) is 3. The number of hydrogen-bond acceptors (Lipinski definition) is 5. The van der Waals surface area contributed by atoms with E-state index in [9.17, 15) is 4.79 Å². The number of hydrogen-bond donors (Lipinski definition) is 1. The fourth-order valence-corrected chi connectivity index (χ4v) is 2.94. The van der Waals surface area contributed by atoms with Gasteiger partial charge in [0.05, 0.1) is 6.54 Å². The van der Waals surface area contributed by atoms with Gasteiger partial charge in [-0.05, 0) is 18.9 Å². The normalized spacial score (nSPS) is 18.4. The maximum atomic E-state index is 12.0. The van der Waals surface area contributed by atoms with E-state index in [2.05, 4.69) is 20.4 Å². The van der Waals surface area contributed by atoms with E-state index in [1.807, 2.05) is 51.1 Å². The molecule has 134 valence electrons. The van der Waals surface area contributed by atoms with Gasteiger partial charge in [-0.2, -0.15) is 4.98 Å². The van der Waals surface area contributed by atoms with E-state index in [0.29, 0.717) is 24.2 Å². The van der Waals surface area contributed by atoms with Crippen molar-refractivity contribution in [3.05, 3.63) is 36.2 Å². The van der Waals surface area contributed by atoms with Crippen LogP contribution < -0.4 is 5.32 Å². The molecule has 6 nitrogen and oxygen atoms in total. The molecule has 0 aliphatic carbocycles. The summed E-state index contributed by atoms with van der Waals surface area (Å²) >= 11 is 0. The molecule has 0 bridgehead atoms. The van der Waals surface area contributed by atoms with Crippen molar-refractivity contribution in [2.75, 3.05) is 19.6 Å². The van der Waals surface area contributed by atoms with Gasteiger partial charge < -0.3 is 9.84 Å². The molecule has 25 heavy (non-hydrogen) atoms. The largest absolute Gasteiger partial charge is 0.355 e. The minimum absolute atomic E-state index is 0.107. The third-order valence-corrected chi connectivity index (χ3v) is 4.46. The molecule has 1 aliphatic rings. The first kappa shape index (κ1) is 17.6. The van der Waals surface area contributed by atoms with E-state index in [4.69, 9.17) is 4.52 Å². The molecule has 1 fully saturated rings. The smallest absolute Gasteiger partial charge is 0.241 e. The number of carbonyl (C=O) groups excluding carboxylic acids is 1. The predicted molar refractivity (Wildman–Crippen MR) is 95.6 cm³/mol. The molecule has 1 aliphatic heterocycles. The highest BCUT2D eigenvalue weighted by molar-refractivity contribution is 5.81. The van der Waals surface area contributed by atoms with E-state index in [1.165, 1.54) is 0 Å². The van der Waals surface area contributed by atoms with Crippen LogP contribution in [0.3, 0.4) is 0 Å². The summed E-state index contributed by atoms with van der Waals surface area (Å²) in [6.45, 7) is 9.11. The van der Waals surface area contributed by atoms with Gasteiger partial charge in [-0.1, -0.05) is 56.3 Å². The molecule has 1 aromatic heterocycles. The first-order valence-electron chi connectivity index (χ1n) is 8.80. The van der Waals surface area contributed by atoms with Crippen molar-refractivity contribution in [2.45, 2.75) is 33.7 Å². The number of benzene rings is 1. The molecule has 1 N–H and O–H groups in total. The van der Waals surface area contributed by atoms with E-state index < -0.39 is 0 Å². The topological polar surface area (TPSA) is 71.3 Å². The molecular formula is C19H26N4O2. The zero-order chi connectivity index (χ0) is 17.9. The van der Waals surface area contributed by atoms with Crippen molar-refractivity contribution in [2.24, 2.45) is 11.3 Å². The van der Waals surface area contributed by atoms with Gasteiger partial charge in [0.2, 0.25) is 17.6 Å². The Morgan fingerprint density at radius 3 is 2.80 bits per heavy atom. The number of rotatable bonds is 5. The van der Waals surface area contributed by atoms with E-state index in [-0.39, 0.29) is 11.3 Å². The van der Waals surface area contributed by atoms with Gasteiger partial charge >= 0.3 is 0 Å². The molecule has 3 rings (SSSR count). The molecule has 1 unspecified atom stereocenters. The van der Waals surface area contributed by atoms with Crippen molar-refractivity contribution in [1.82, 2.24) is 20.4 Å². The van der Waals surface area contributed by atoms with Crippen LogP contribution in [0.1, 0.15) is 33.1 Å². The lowest BCUT2D eigenvalue weighted by molar-refractivity contribution is -0.128. The summed E-state index contributed by atoms with van der Waals surface area (Å²) in [7, 11) is 0. The van der Waals surface area contributed by atoms with Crippen LogP contribution in [0, 0.1) is 11.3 Å². The lowest BCUT2D eigenvalue weighted by Crippen LogP contribution is -2.38. The Hall–Kier alpha value is -2.21. The highest BCUT2D eigenvalue weighted by Crippen LogP contribution is 2.20. The third-order valence-electron chi connectivity index (χ3n) is 4.46. The van der Waals surface area contributed by atoms with Gasteiger partial charge in [-0.3, -0.25) is 9.69 Å². The molecule has 1 atom stereocenters. The second-order valence-corrected chi connectivity index (χ2v) is 7.73. The average molecular weight is 342 g/mol. The summed E-state index contributed by atoms with van der Waals surface area (Å²) in [5.41, 5.74) is 0.622. The minimum atomic E-state index is -0.337. The van der Waals surface area contributed by atoms with Crippen molar-refractivity contribution in [3.8, 4) is 11.4 Å². The van der Waals surface area contributed by atoms with Crippen LogP contribution in [0.2, 0.25) is 0 Å². The second kappa shape index (κ2) is 7.35. The summed E-state index contributed by atoms with van der Waals surface area (Å²) in [4.78, 5) is 18.8. The highest BCUT2D eigenvalue weighted by Gasteiger charge is 2.26. The Morgan fingerprint density at radius 2 is 2.08 bits per heavy atom. The maximum absolute atomic E-state index is 12.0. The predicted octanol–water partition coefficient (Wildman–Crippen LogP) is 2.72. The van der Waals surface area contributed by atoms with Gasteiger partial charge in [0.1, 0.15) is 0 Å². The maximum Gasteiger partial charge on any atom is 0.241 e. The van der Waals surface area contributed by atoms with Crippen LogP contribution in [-0.2, 0) is 11.3 Å². The third kappa shape index (κ3) is 4.66. The first-order chi connectivity index (χ1) is 11.9. The van der Waals surface area contributed by atoms with E-state index in [1.54, 1.807) is 0 Å². The Bertz CT molecular complexity index is 706. The molecule has 1 saturated heterocycles. The molecule has 1 amide bonds. The van der Waals surface area contributed by atoms with Crippen molar-refractivity contribution in [1.29, 1.82) is 0 Å². The number of aromatic nitrogens is 2. The Morgan fingerprint density at radius 1 is 1.32 bits per heavy atom. The van der Waals surface area contributed by atoms with Crippen LogP contribution >= 0.6 is 0 Å². The first-order valence-corrected chi connectivity index (χ1v) is 8.80. The molecular weight excluding hydrogens is 316 g/mol. The van der Waals surface area contributed by atoms with Gasteiger partial charge in [-0.15, -0.1) is 0 Å². The molecule has 2 aromatic rings. The van der Waals surface area contributed by atoms with Gasteiger partial charge in [0.25, 0.3) is 0 Å². The van der Waals surface area contributed by atoms with E-state index >= 15 is 0 Å². The van der Waals surface area contributed by atoms with Gasteiger partial charge in [-0.25, -0.2) is 0 Å². The summed E-state index contributed by atoms with van der Waals surface area (Å²) < 4.78 is 5.39. The second-order valence-electron chi connectivity index (χ2n) is 7.73. The number of nitrogens with one attached hydrogen (secondary N) is 1. The van der Waals surface area contributed by atoms with Gasteiger partial charge in [0.15, 0.2) is 0 Å². The Labute approximate surface area is 148 Å². The zero-order valence-electron chi connectivity index (χ0n) is 15.2. The van der Waals surface area contributed by atoms with Crippen LogP contribution in [-0.4, -0.2) is 40.6 Å². The number of likely N-dealkylation sites (tertiary alicyclic amines) is 1.